The summed E-state index contributed by atoms with van der Waals surface area (Å²) in [6.45, 7) is 13.2. The Kier molecular flexibility index (Phi) is 6.61. The Labute approximate surface area is 114 Å². The maximum atomic E-state index is 3.40. The van der Waals surface area contributed by atoms with Crippen molar-refractivity contribution in [1.82, 2.24) is 15.1 Å². The average molecular weight is 255 g/mol. The van der Waals surface area contributed by atoms with Crippen molar-refractivity contribution in [1.29, 1.82) is 0 Å². The Bertz CT molecular complexity index is 226. The molecule has 108 valence electrons. The molecule has 0 spiro atoms. The molecule has 3 heteroatoms. The molecule has 1 aliphatic rings. The molecule has 1 unspecified atom stereocenters. The highest BCUT2D eigenvalue weighted by atomic mass is 15.2. The minimum absolute atomic E-state index is 0.450. The number of hydrogen-bond donors (Lipinski definition) is 1. The van der Waals surface area contributed by atoms with Gasteiger partial charge >= 0.3 is 0 Å². The topological polar surface area (TPSA) is 18.5 Å². The third-order valence-electron chi connectivity index (χ3n) is 4.77. The second-order valence-corrected chi connectivity index (χ2v) is 6.17. The first-order valence-corrected chi connectivity index (χ1v) is 7.64. The van der Waals surface area contributed by atoms with Crippen LogP contribution in [0.5, 0.6) is 0 Å². The molecule has 1 heterocycles. The first-order valence-electron chi connectivity index (χ1n) is 7.64. The molecule has 0 aromatic carbocycles. The Morgan fingerprint density at radius 1 is 1.22 bits per heavy atom. The lowest BCUT2D eigenvalue weighted by molar-refractivity contribution is 0.106. The summed E-state index contributed by atoms with van der Waals surface area (Å²) in [4.78, 5) is 5.19. The SMILES string of the molecule is CCC(CC)(CNC)CN1CCCN(C)CC1C. The predicted molar refractivity (Wildman–Crippen MR) is 80.1 cm³/mol. The van der Waals surface area contributed by atoms with Crippen molar-refractivity contribution in [2.45, 2.75) is 46.1 Å². The number of hydrogen-bond acceptors (Lipinski definition) is 3. The van der Waals surface area contributed by atoms with Crippen LogP contribution in [0, 0.1) is 5.41 Å². The highest BCUT2D eigenvalue weighted by Crippen LogP contribution is 2.28. The van der Waals surface area contributed by atoms with Gasteiger partial charge in [0.2, 0.25) is 0 Å². The van der Waals surface area contributed by atoms with E-state index in [2.05, 4.69) is 50.0 Å². The maximum absolute atomic E-state index is 3.40. The summed E-state index contributed by atoms with van der Waals surface area (Å²) in [5.41, 5.74) is 0.450. The van der Waals surface area contributed by atoms with E-state index in [0.717, 1.165) is 6.54 Å². The van der Waals surface area contributed by atoms with E-state index < -0.39 is 0 Å². The summed E-state index contributed by atoms with van der Waals surface area (Å²) in [7, 11) is 4.33. The number of nitrogens with one attached hydrogen (secondary N) is 1. The molecule has 18 heavy (non-hydrogen) atoms. The molecule has 1 saturated heterocycles. The van der Waals surface area contributed by atoms with E-state index >= 15 is 0 Å². The van der Waals surface area contributed by atoms with Crippen molar-refractivity contribution >= 4 is 0 Å². The lowest BCUT2D eigenvalue weighted by atomic mass is 9.81. The molecule has 0 amide bonds. The zero-order valence-electron chi connectivity index (χ0n) is 13.1. The van der Waals surface area contributed by atoms with Crippen LogP contribution < -0.4 is 5.32 Å². The molecular weight excluding hydrogens is 222 g/mol. The van der Waals surface area contributed by atoms with Gasteiger partial charge in [-0.15, -0.1) is 0 Å². The smallest absolute Gasteiger partial charge is 0.0195 e. The van der Waals surface area contributed by atoms with Gasteiger partial charge in [0, 0.05) is 25.7 Å². The van der Waals surface area contributed by atoms with Crippen molar-refractivity contribution in [3.05, 3.63) is 0 Å². The summed E-state index contributed by atoms with van der Waals surface area (Å²) in [5, 5.41) is 3.40. The lowest BCUT2D eigenvalue weighted by Gasteiger charge is -2.39. The Hall–Kier alpha value is -0.120. The largest absolute Gasteiger partial charge is 0.319 e. The Balaban J connectivity index is 2.66. The van der Waals surface area contributed by atoms with E-state index in [1.807, 2.05) is 0 Å². The van der Waals surface area contributed by atoms with Gasteiger partial charge in [0.25, 0.3) is 0 Å². The zero-order chi connectivity index (χ0) is 13.6. The average Bonchev–Trinajstić information content (AvgIpc) is 2.50. The minimum Gasteiger partial charge on any atom is -0.319 e. The molecule has 0 radical (unpaired) electrons. The fraction of sp³-hybridized carbons (Fsp3) is 1.00. The van der Waals surface area contributed by atoms with Gasteiger partial charge in [0.1, 0.15) is 0 Å². The fourth-order valence-electron chi connectivity index (χ4n) is 3.24. The Morgan fingerprint density at radius 2 is 1.89 bits per heavy atom. The predicted octanol–water partition coefficient (Wildman–Crippen LogP) is 2.04. The molecule has 0 aliphatic carbocycles. The van der Waals surface area contributed by atoms with E-state index in [1.165, 1.54) is 45.4 Å². The van der Waals surface area contributed by atoms with Crippen LogP contribution >= 0.6 is 0 Å². The summed E-state index contributed by atoms with van der Waals surface area (Å²) < 4.78 is 0. The number of likely N-dealkylation sites (N-methyl/N-ethyl adjacent to an activating group) is 1. The van der Waals surface area contributed by atoms with Gasteiger partial charge in [-0.05, 0) is 58.8 Å². The van der Waals surface area contributed by atoms with E-state index in [1.54, 1.807) is 0 Å². The maximum Gasteiger partial charge on any atom is 0.0195 e. The molecule has 3 nitrogen and oxygen atoms in total. The minimum atomic E-state index is 0.450. The molecule has 1 N–H and O–H groups in total. The van der Waals surface area contributed by atoms with Crippen LogP contribution in [-0.4, -0.2) is 62.7 Å². The second-order valence-electron chi connectivity index (χ2n) is 6.17. The van der Waals surface area contributed by atoms with Crippen LogP contribution in [0.25, 0.3) is 0 Å². The first kappa shape index (κ1) is 15.9. The quantitative estimate of drug-likeness (QED) is 0.783. The van der Waals surface area contributed by atoms with Crippen molar-refractivity contribution in [3.63, 3.8) is 0 Å². The van der Waals surface area contributed by atoms with Crippen LogP contribution in [0.4, 0.5) is 0 Å². The highest BCUT2D eigenvalue weighted by molar-refractivity contribution is 4.86. The van der Waals surface area contributed by atoms with Gasteiger partial charge in [0.15, 0.2) is 0 Å². The molecule has 1 rings (SSSR count). The summed E-state index contributed by atoms with van der Waals surface area (Å²) in [6.07, 6.45) is 3.84. The first-order chi connectivity index (χ1) is 8.56. The van der Waals surface area contributed by atoms with Gasteiger partial charge in [-0.1, -0.05) is 13.8 Å². The van der Waals surface area contributed by atoms with Crippen molar-refractivity contribution in [2.24, 2.45) is 5.41 Å². The van der Waals surface area contributed by atoms with Crippen molar-refractivity contribution in [2.75, 3.05) is 46.8 Å². The third kappa shape index (κ3) is 4.22. The van der Waals surface area contributed by atoms with Crippen LogP contribution in [0.15, 0.2) is 0 Å². The third-order valence-corrected chi connectivity index (χ3v) is 4.77. The fourth-order valence-corrected chi connectivity index (χ4v) is 3.24. The monoisotopic (exact) mass is 255 g/mol. The normalized spacial score (nSPS) is 24.2. The lowest BCUT2D eigenvalue weighted by Crippen LogP contribution is -2.47. The highest BCUT2D eigenvalue weighted by Gasteiger charge is 2.31. The molecular formula is C15H33N3. The van der Waals surface area contributed by atoms with E-state index in [0.29, 0.717) is 11.5 Å². The van der Waals surface area contributed by atoms with Crippen LogP contribution in [-0.2, 0) is 0 Å². The van der Waals surface area contributed by atoms with Gasteiger partial charge in [-0.3, -0.25) is 4.90 Å². The van der Waals surface area contributed by atoms with Crippen molar-refractivity contribution < 1.29 is 0 Å². The summed E-state index contributed by atoms with van der Waals surface area (Å²) in [6, 6.07) is 0.687. The van der Waals surface area contributed by atoms with Crippen LogP contribution in [0.1, 0.15) is 40.0 Å². The second kappa shape index (κ2) is 7.46. The van der Waals surface area contributed by atoms with E-state index in [4.69, 9.17) is 0 Å². The van der Waals surface area contributed by atoms with Gasteiger partial charge in [-0.2, -0.15) is 0 Å². The molecule has 0 aromatic heterocycles. The molecule has 1 aliphatic heterocycles. The number of rotatable bonds is 6. The molecule has 0 saturated carbocycles. The molecule has 0 aromatic rings. The molecule has 1 fully saturated rings. The number of nitrogens with zero attached hydrogens (tertiary/aromatic N) is 2. The standard InChI is InChI=1S/C15H33N3/c1-6-15(7-2,12-16-4)13-18-10-8-9-17(5)11-14(18)3/h14,16H,6-13H2,1-5H3. The van der Waals surface area contributed by atoms with Gasteiger partial charge in [-0.25, -0.2) is 0 Å². The zero-order valence-corrected chi connectivity index (χ0v) is 13.1. The summed E-state index contributed by atoms with van der Waals surface area (Å²) >= 11 is 0. The van der Waals surface area contributed by atoms with Crippen LogP contribution in [0.3, 0.4) is 0 Å². The summed E-state index contributed by atoms with van der Waals surface area (Å²) in [5.74, 6) is 0. The van der Waals surface area contributed by atoms with Gasteiger partial charge in [0.05, 0.1) is 0 Å². The molecule has 0 bridgehead atoms. The van der Waals surface area contributed by atoms with Gasteiger partial charge < -0.3 is 10.2 Å². The Morgan fingerprint density at radius 3 is 2.44 bits per heavy atom. The molecule has 1 atom stereocenters. The van der Waals surface area contributed by atoms with Crippen LogP contribution in [0.2, 0.25) is 0 Å². The van der Waals surface area contributed by atoms with E-state index in [9.17, 15) is 0 Å². The van der Waals surface area contributed by atoms with E-state index in [-0.39, 0.29) is 0 Å². The van der Waals surface area contributed by atoms with Crippen molar-refractivity contribution in [3.8, 4) is 0 Å².